The lowest BCUT2D eigenvalue weighted by Gasteiger charge is -2.22. The number of rotatable bonds is 4. The molecule has 0 aliphatic carbocycles. The van der Waals surface area contributed by atoms with Gasteiger partial charge >= 0.3 is 6.09 Å². The second kappa shape index (κ2) is 6.21. The summed E-state index contributed by atoms with van der Waals surface area (Å²) in [5, 5.41) is 8.47. The molecule has 0 aromatic carbocycles. The molecular weight excluding hydrogens is 250 g/mol. The number of nitrogens with one attached hydrogen (secondary N) is 2. The zero-order chi connectivity index (χ0) is 14.5. The molecule has 0 aliphatic rings. The topological polar surface area (TPSA) is 93.3 Å². The van der Waals surface area contributed by atoms with E-state index < -0.39 is 11.7 Å². The fourth-order valence-corrected chi connectivity index (χ4v) is 1.21. The summed E-state index contributed by atoms with van der Waals surface area (Å²) >= 11 is 0. The van der Waals surface area contributed by atoms with Crippen LogP contribution in [0, 0.1) is 0 Å². The lowest BCUT2D eigenvalue weighted by Crippen LogP contribution is -2.40. The Labute approximate surface area is 111 Å². The molecule has 7 nitrogen and oxygen atoms in total. The maximum atomic E-state index is 11.5. The molecule has 1 amide bonds. The molecule has 0 fully saturated rings. The Bertz CT molecular complexity index is 478. The first-order valence-corrected chi connectivity index (χ1v) is 5.93. The summed E-state index contributed by atoms with van der Waals surface area (Å²) in [5.41, 5.74) is -0.883. The Balaban J connectivity index is 2.38. The molecule has 0 radical (unpaired) electrons. The van der Waals surface area contributed by atoms with Crippen LogP contribution in [0.5, 0.6) is 5.75 Å². The van der Waals surface area contributed by atoms with Gasteiger partial charge < -0.3 is 14.8 Å². The third-order valence-corrected chi connectivity index (χ3v) is 1.90. The maximum absolute atomic E-state index is 11.5. The van der Waals surface area contributed by atoms with E-state index in [1.54, 1.807) is 27.7 Å². The SMILES string of the molecule is C[C@H](COc1cn[nH]c(=O)c1)NC(=O)OC(C)(C)C. The average Bonchev–Trinajstić information content (AvgIpc) is 2.23. The Morgan fingerprint density at radius 1 is 1.53 bits per heavy atom. The molecule has 2 N–H and O–H groups in total. The number of ether oxygens (including phenoxy) is 2. The number of aromatic nitrogens is 2. The number of aromatic amines is 1. The van der Waals surface area contributed by atoms with Gasteiger partial charge in [0.2, 0.25) is 0 Å². The third kappa shape index (κ3) is 6.44. The van der Waals surface area contributed by atoms with Crippen molar-refractivity contribution in [2.45, 2.75) is 39.3 Å². The zero-order valence-corrected chi connectivity index (χ0v) is 11.5. The number of amides is 1. The molecule has 0 aliphatic heterocycles. The van der Waals surface area contributed by atoms with Gasteiger partial charge in [-0.25, -0.2) is 9.89 Å². The van der Waals surface area contributed by atoms with Gasteiger partial charge in [0.15, 0.2) is 0 Å². The molecule has 106 valence electrons. The van der Waals surface area contributed by atoms with Crippen molar-refractivity contribution in [3.05, 3.63) is 22.6 Å². The predicted molar refractivity (Wildman–Crippen MR) is 69.2 cm³/mol. The van der Waals surface area contributed by atoms with Gasteiger partial charge in [-0.15, -0.1) is 0 Å². The molecule has 0 bridgehead atoms. The molecule has 1 heterocycles. The largest absolute Gasteiger partial charge is 0.490 e. The number of carbonyl (C=O) groups excluding carboxylic acids is 1. The summed E-state index contributed by atoms with van der Waals surface area (Å²) in [5.74, 6) is 0.349. The van der Waals surface area contributed by atoms with Gasteiger partial charge in [-0.1, -0.05) is 0 Å². The molecule has 1 aromatic heterocycles. The van der Waals surface area contributed by atoms with Crippen LogP contribution in [-0.2, 0) is 4.74 Å². The summed E-state index contributed by atoms with van der Waals surface area (Å²) in [6.07, 6.45) is 0.884. The van der Waals surface area contributed by atoms with Crippen molar-refractivity contribution in [2.24, 2.45) is 0 Å². The summed E-state index contributed by atoms with van der Waals surface area (Å²) in [7, 11) is 0. The van der Waals surface area contributed by atoms with Crippen LogP contribution >= 0.6 is 0 Å². The van der Waals surface area contributed by atoms with Crippen molar-refractivity contribution in [2.75, 3.05) is 6.61 Å². The first-order chi connectivity index (χ1) is 8.76. The van der Waals surface area contributed by atoms with Crippen molar-refractivity contribution in [3.63, 3.8) is 0 Å². The van der Waals surface area contributed by atoms with Gasteiger partial charge in [-0.3, -0.25) is 4.79 Å². The number of carbonyl (C=O) groups is 1. The molecule has 1 atom stereocenters. The highest BCUT2D eigenvalue weighted by molar-refractivity contribution is 5.68. The predicted octanol–water partition coefficient (Wildman–Crippen LogP) is 1.06. The first kappa shape index (κ1) is 15.0. The summed E-state index contributed by atoms with van der Waals surface area (Å²) in [4.78, 5) is 22.5. The molecule has 1 aromatic rings. The van der Waals surface area contributed by atoms with Crippen molar-refractivity contribution in [1.82, 2.24) is 15.5 Å². The van der Waals surface area contributed by atoms with Gasteiger partial charge in [-0.2, -0.15) is 5.10 Å². The fraction of sp³-hybridized carbons (Fsp3) is 0.583. The smallest absolute Gasteiger partial charge is 0.407 e. The van der Waals surface area contributed by atoms with E-state index in [2.05, 4.69) is 15.5 Å². The Hall–Kier alpha value is -2.05. The van der Waals surface area contributed by atoms with E-state index in [0.717, 1.165) is 0 Å². The highest BCUT2D eigenvalue weighted by Gasteiger charge is 2.17. The van der Waals surface area contributed by atoms with E-state index in [-0.39, 0.29) is 18.2 Å². The van der Waals surface area contributed by atoms with Crippen LogP contribution in [0.2, 0.25) is 0 Å². The standard InChI is InChI=1S/C12H19N3O4/c1-8(14-11(17)19-12(2,3)4)7-18-9-5-10(16)15-13-6-9/h5-6,8H,7H2,1-4H3,(H,14,17)(H,15,16)/t8-/m1/s1. The van der Waals surface area contributed by atoms with Crippen molar-refractivity contribution < 1.29 is 14.3 Å². The van der Waals surface area contributed by atoms with Crippen LogP contribution in [0.4, 0.5) is 4.79 Å². The minimum Gasteiger partial charge on any atom is -0.490 e. The van der Waals surface area contributed by atoms with Crippen LogP contribution in [0.3, 0.4) is 0 Å². The van der Waals surface area contributed by atoms with Crippen molar-refractivity contribution in [3.8, 4) is 5.75 Å². The molecular formula is C12H19N3O4. The van der Waals surface area contributed by atoms with E-state index in [0.29, 0.717) is 5.75 Å². The van der Waals surface area contributed by atoms with E-state index in [4.69, 9.17) is 9.47 Å². The number of alkyl carbamates (subject to hydrolysis) is 1. The van der Waals surface area contributed by atoms with E-state index in [1.807, 2.05) is 0 Å². The lowest BCUT2D eigenvalue weighted by molar-refractivity contribution is 0.0494. The van der Waals surface area contributed by atoms with Crippen molar-refractivity contribution >= 4 is 6.09 Å². The quantitative estimate of drug-likeness (QED) is 0.852. The highest BCUT2D eigenvalue weighted by atomic mass is 16.6. The van der Waals surface area contributed by atoms with Crippen LogP contribution in [0.1, 0.15) is 27.7 Å². The second-order valence-corrected chi connectivity index (χ2v) is 5.14. The molecule has 7 heteroatoms. The number of hydrogen-bond acceptors (Lipinski definition) is 5. The monoisotopic (exact) mass is 269 g/mol. The minimum absolute atomic E-state index is 0.213. The summed E-state index contributed by atoms with van der Waals surface area (Å²) < 4.78 is 10.4. The van der Waals surface area contributed by atoms with Crippen LogP contribution in [0.15, 0.2) is 17.1 Å². The van der Waals surface area contributed by atoms with Gasteiger partial charge in [0.25, 0.3) is 5.56 Å². The fourth-order valence-electron chi connectivity index (χ4n) is 1.21. The molecule has 0 spiro atoms. The molecule has 1 rings (SSSR count). The first-order valence-electron chi connectivity index (χ1n) is 5.93. The van der Waals surface area contributed by atoms with Gasteiger partial charge in [0.1, 0.15) is 18.0 Å². The van der Waals surface area contributed by atoms with E-state index in [9.17, 15) is 9.59 Å². The zero-order valence-electron chi connectivity index (χ0n) is 11.5. The molecule has 0 saturated heterocycles. The van der Waals surface area contributed by atoms with Crippen LogP contribution in [-0.4, -0.2) is 34.5 Å². The average molecular weight is 269 g/mol. The normalized spacial score (nSPS) is 12.6. The number of hydrogen-bond donors (Lipinski definition) is 2. The third-order valence-electron chi connectivity index (χ3n) is 1.90. The van der Waals surface area contributed by atoms with Gasteiger partial charge in [-0.05, 0) is 27.7 Å². The maximum Gasteiger partial charge on any atom is 0.407 e. The minimum atomic E-state index is -0.540. The van der Waals surface area contributed by atoms with Crippen LogP contribution < -0.4 is 15.6 Å². The second-order valence-electron chi connectivity index (χ2n) is 5.14. The van der Waals surface area contributed by atoms with E-state index >= 15 is 0 Å². The number of H-pyrrole nitrogens is 1. The van der Waals surface area contributed by atoms with Gasteiger partial charge in [0.05, 0.1) is 12.2 Å². The summed E-state index contributed by atoms with van der Waals surface area (Å²) in [6.45, 7) is 7.34. The summed E-state index contributed by atoms with van der Waals surface area (Å²) in [6, 6.07) is 1.03. The van der Waals surface area contributed by atoms with E-state index in [1.165, 1.54) is 12.3 Å². The van der Waals surface area contributed by atoms with Gasteiger partial charge in [0, 0.05) is 6.07 Å². The highest BCUT2D eigenvalue weighted by Crippen LogP contribution is 2.07. The molecule has 0 saturated carbocycles. The van der Waals surface area contributed by atoms with Crippen LogP contribution in [0.25, 0.3) is 0 Å². The lowest BCUT2D eigenvalue weighted by atomic mass is 10.2. The molecule has 0 unspecified atom stereocenters. The Kier molecular flexibility index (Phi) is 4.91. The Morgan fingerprint density at radius 3 is 2.79 bits per heavy atom. The molecule has 19 heavy (non-hydrogen) atoms. The Morgan fingerprint density at radius 2 is 2.21 bits per heavy atom. The number of nitrogens with zero attached hydrogens (tertiary/aromatic N) is 1. The van der Waals surface area contributed by atoms with Crippen molar-refractivity contribution in [1.29, 1.82) is 0 Å².